The van der Waals surface area contributed by atoms with Crippen LogP contribution in [0.4, 0.5) is 8.78 Å². The molecule has 140 valence electrons. The molecule has 0 fully saturated rings. The molecule has 0 saturated heterocycles. The van der Waals surface area contributed by atoms with Crippen molar-refractivity contribution in [2.45, 2.75) is 11.4 Å². The summed E-state index contributed by atoms with van der Waals surface area (Å²) in [7, 11) is 0. The number of halogens is 2. The molecule has 0 spiro atoms. The molecular weight excluding hydrogens is 372 g/mol. The number of hydrogen-bond donors (Lipinski definition) is 2. The highest BCUT2D eigenvalue weighted by Gasteiger charge is 2.16. The first kappa shape index (κ1) is 18.9. The second-order valence-corrected chi connectivity index (χ2v) is 6.83. The highest BCUT2D eigenvalue weighted by Crippen LogP contribution is 2.29. The molecule has 1 heterocycles. The number of benzene rings is 2. The lowest BCUT2D eigenvalue weighted by atomic mass is 10.2. The monoisotopic (exact) mass is 389 g/mol. The highest BCUT2D eigenvalue weighted by molar-refractivity contribution is 8.00. The Morgan fingerprint density at radius 3 is 2.48 bits per heavy atom. The maximum absolute atomic E-state index is 13.7. The minimum absolute atomic E-state index is 0.164. The van der Waals surface area contributed by atoms with E-state index in [2.05, 4.69) is 5.32 Å². The van der Waals surface area contributed by atoms with E-state index >= 15 is 0 Å². The molecule has 0 aliphatic heterocycles. The lowest BCUT2D eigenvalue weighted by Gasteiger charge is -2.09. The third-order valence-corrected chi connectivity index (χ3v) is 5.02. The Morgan fingerprint density at radius 2 is 1.78 bits per heavy atom. The minimum atomic E-state index is -0.899. The molecule has 0 aliphatic rings. The third-order valence-electron chi connectivity index (χ3n) is 3.95. The van der Waals surface area contributed by atoms with Crippen LogP contribution in [0.2, 0.25) is 0 Å². The number of nitrogens with zero attached hydrogens (tertiary/aromatic N) is 1. The standard InChI is InChI=1S/C19H17F2N3O2S/c20-13-5-3-6-14(21)18(13)19(26)23-8-9-24-10-16(27-11-17(22)25)12-4-1-2-7-15(12)24/h1-7,10H,8-9,11H2,(H2,22,25)(H,23,26). The van der Waals surface area contributed by atoms with Gasteiger partial charge in [0.25, 0.3) is 5.91 Å². The van der Waals surface area contributed by atoms with Gasteiger partial charge in [-0.15, -0.1) is 11.8 Å². The zero-order valence-electron chi connectivity index (χ0n) is 14.2. The molecular formula is C19H17F2N3O2S. The number of nitrogens with one attached hydrogen (secondary N) is 1. The number of amides is 2. The van der Waals surface area contributed by atoms with Crippen molar-refractivity contribution >= 4 is 34.5 Å². The quantitative estimate of drug-likeness (QED) is 0.610. The maximum Gasteiger partial charge on any atom is 0.257 e. The van der Waals surface area contributed by atoms with Gasteiger partial charge in [0, 0.05) is 35.1 Å². The first-order valence-corrected chi connectivity index (χ1v) is 9.17. The second kappa shape index (κ2) is 8.22. The Labute approximate surface area is 158 Å². The third kappa shape index (κ3) is 4.28. The zero-order chi connectivity index (χ0) is 19.4. The Bertz CT molecular complexity index is 984. The summed E-state index contributed by atoms with van der Waals surface area (Å²) >= 11 is 1.34. The number of primary amides is 1. The van der Waals surface area contributed by atoms with E-state index in [1.54, 1.807) is 0 Å². The molecule has 0 radical (unpaired) electrons. The number of hydrogen-bond acceptors (Lipinski definition) is 3. The van der Waals surface area contributed by atoms with Gasteiger partial charge in [0.2, 0.25) is 5.91 Å². The average molecular weight is 389 g/mol. The molecule has 0 unspecified atom stereocenters. The van der Waals surface area contributed by atoms with Crippen LogP contribution in [0, 0.1) is 11.6 Å². The normalized spacial score (nSPS) is 10.9. The fourth-order valence-corrected chi connectivity index (χ4v) is 3.58. The van der Waals surface area contributed by atoms with Gasteiger partial charge < -0.3 is 15.6 Å². The molecule has 27 heavy (non-hydrogen) atoms. The lowest BCUT2D eigenvalue weighted by Crippen LogP contribution is -2.28. The van der Waals surface area contributed by atoms with Crippen molar-refractivity contribution < 1.29 is 18.4 Å². The first-order chi connectivity index (χ1) is 13.0. The summed E-state index contributed by atoms with van der Waals surface area (Å²) in [5.74, 6) is -2.84. The van der Waals surface area contributed by atoms with Crippen molar-refractivity contribution in [3.05, 3.63) is 65.9 Å². The van der Waals surface area contributed by atoms with Crippen LogP contribution in [0.15, 0.2) is 53.6 Å². The predicted molar refractivity (Wildman–Crippen MR) is 101 cm³/mol. The molecule has 3 aromatic rings. The number of thioether (sulfide) groups is 1. The van der Waals surface area contributed by atoms with Gasteiger partial charge in [-0.2, -0.15) is 0 Å². The number of fused-ring (bicyclic) bond motifs is 1. The van der Waals surface area contributed by atoms with Crippen molar-refractivity contribution in [2.75, 3.05) is 12.3 Å². The van der Waals surface area contributed by atoms with Crippen molar-refractivity contribution in [3.8, 4) is 0 Å². The Balaban J connectivity index is 1.72. The molecule has 2 amide bonds. The van der Waals surface area contributed by atoms with E-state index in [1.165, 1.54) is 17.8 Å². The summed E-state index contributed by atoms with van der Waals surface area (Å²) in [6.07, 6.45) is 1.87. The molecule has 0 bridgehead atoms. The molecule has 3 N–H and O–H groups in total. The van der Waals surface area contributed by atoms with Gasteiger partial charge in [0.1, 0.15) is 17.2 Å². The minimum Gasteiger partial charge on any atom is -0.369 e. The van der Waals surface area contributed by atoms with Gasteiger partial charge in [-0.1, -0.05) is 24.3 Å². The molecule has 5 nitrogen and oxygen atoms in total. The van der Waals surface area contributed by atoms with Crippen LogP contribution in [-0.2, 0) is 11.3 Å². The van der Waals surface area contributed by atoms with Gasteiger partial charge in [-0.05, 0) is 18.2 Å². The number of carbonyl (C=O) groups is 2. The van der Waals surface area contributed by atoms with E-state index < -0.39 is 29.0 Å². The smallest absolute Gasteiger partial charge is 0.257 e. The van der Waals surface area contributed by atoms with E-state index in [4.69, 9.17) is 5.73 Å². The summed E-state index contributed by atoms with van der Waals surface area (Å²) in [6, 6.07) is 10.9. The molecule has 8 heteroatoms. The van der Waals surface area contributed by atoms with Gasteiger partial charge in [0.05, 0.1) is 5.75 Å². The van der Waals surface area contributed by atoms with Crippen LogP contribution in [0.1, 0.15) is 10.4 Å². The first-order valence-electron chi connectivity index (χ1n) is 8.18. The van der Waals surface area contributed by atoms with Gasteiger partial charge in [-0.3, -0.25) is 9.59 Å². The summed E-state index contributed by atoms with van der Waals surface area (Å²) in [5, 5.41) is 3.50. The van der Waals surface area contributed by atoms with Crippen molar-refractivity contribution in [1.29, 1.82) is 0 Å². The van der Waals surface area contributed by atoms with Gasteiger partial charge in [-0.25, -0.2) is 8.78 Å². The number of para-hydroxylation sites is 1. The molecule has 1 aromatic heterocycles. The van der Waals surface area contributed by atoms with Crippen LogP contribution < -0.4 is 11.1 Å². The second-order valence-electron chi connectivity index (χ2n) is 5.81. The topological polar surface area (TPSA) is 77.1 Å². The average Bonchev–Trinajstić information content (AvgIpc) is 2.98. The molecule has 0 aliphatic carbocycles. The fourth-order valence-electron chi connectivity index (χ4n) is 2.75. The van der Waals surface area contributed by atoms with Crippen LogP contribution in [0.5, 0.6) is 0 Å². The van der Waals surface area contributed by atoms with E-state index in [1.807, 2.05) is 35.0 Å². The Hall–Kier alpha value is -2.87. The molecule has 2 aromatic carbocycles. The van der Waals surface area contributed by atoms with Crippen molar-refractivity contribution in [2.24, 2.45) is 5.73 Å². The van der Waals surface area contributed by atoms with Crippen molar-refractivity contribution in [1.82, 2.24) is 9.88 Å². The number of rotatable bonds is 7. The number of nitrogens with two attached hydrogens (primary N) is 1. The molecule has 0 saturated carbocycles. The van der Waals surface area contributed by atoms with E-state index in [0.717, 1.165) is 27.9 Å². The van der Waals surface area contributed by atoms with Gasteiger partial charge >= 0.3 is 0 Å². The number of carbonyl (C=O) groups excluding carboxylic acids is 2. The zero-order valence-corrected chi connectivity index (χ0v) is 15.1. The Kier molecular flexibility index (Phi) is 5.75. The summed E-state index contributed by atoms with van der Waals surface area (Å²) < 4.78 is 29.2. The van der Waals surface area contributed by atoms with Gasteiger partial charge in [0.15, 0.2) is 0 Å². The van der Waals surface area contributed by atoms with E-state index in [-0.39, 0.29) is 12.3 Å². The SMILES string of the molecule is NC(=O)CSc1cn(CCNC(=O)c2c(F)cccc2F)c2ccccc12. The maximum atomic E-state index is 13.7. The summed E-state index contributed by atoms with van der Waals surface area (Å²) in [5.41, 5.74) is 5.55. The summed E-state index contributed by atoms with van der Waals surface area (Å²) in [4.78, 5) is 24.0. The van der Waals surface area contributed by atoms with Crippen LogP contribution in [0.25, 0.3) is 10.9 Å². The Morgan fingerprint density at radius 1 is 1.07 bits per heavy atom. The molecule has 0 atom stereocenters. The predicted octanol–water partition coefficient (Wildman–Crippen LogP) is 2.93. The fraction of sp³-hybridized carbons (Fsp3) is 0.158. The van der Waals surface area contributed by atoms with Crippen LogP contribution in [-0.4, -0.2) is 28.7 Å². The largest absolute Gasteiger partial charge is 0.369 e. The van der Waals surface area contributed by atoms with E-state index in [9.17, 15) is 18.4 Å². The van der Waals surface area contributed by atoms with E-state index in [0.29, 0.717) is 6.54 Å². The molecule has 3 rings (SSSR count). The number of aromatic nitrogens is 1. The van der Waals surface area contributed by atoms with Crippen LogP contribution in [0.3, 0.4) is 0 Å². The highest BCUT2D eigenvalue weighted by atomic mass is 32.2. The van der Waals surface area contributed by atoms with Crippen molar-refractivity contribution in [3.63, 3.8) is 0 Å². The van der Waals surface area contributed by atoms with Crippen LogP contribution >= 0.6 is 11.8 Å². The lowest BCUT2D eigenvalue weighted by molar-refractivity contribution is -0.115. The summed E-state index contributed by atoms with van der Waals surface area (Å²) in [6.45, 7) is 0.588.